The molecule has 0 aliphatic carbocycles. The van der Waals surface area contributed by atoms with Crippen LogP contribution in [0.1, 0.15) is 0 Å². The summed E-state index contributed by atoms with van der Waals surface area (Å²) in [6.45, 7) is 0. The molecule has 42 heavy (non-hydrogen) atoms. The van der Waals surface area contributed by atoms with Crippen LogP contribution in [-0.4, -0.2) is 15.0 Å². The topological polar surface area (TPSA) is 38.7 Å². The fraction of sp³-hybridized carbons (Fsp3) is 0. The van der Waals surface area contributed by atoms with E-state index in [0.29, 0.717) is 0 Å². The molecule has 3 aromatic heterocycles. The van der Waals surface area contributed by atoms with Crippen LogP contribution >= 0.6 is 0 Å². The molecule has 0 unspecified atom stereocenters. The van der Waals surface area contributed by atoms with Crippen LogP contribution in [0.15, 0.2) is 165 Å². The highest BCUT2D eigenvalue weighted by Gasteiger charge is 2.17. The Morgan fingerprint density at radius 3 is 1.12 bits per heavy atom. The molecule has 0 atom stereocenters. The summed E-state index contributed by atoms with van der Waals surface area (Å²) in [6.07, 6.45) is 11.2. The summed E-state index contributed by atoms with van der Waals surface area (Å²) in [5.41, 5.74) is 13.7. The molecule has 0 aliphatic rings. The quantitative estimate of drug-likeness (QED) is 0.212. The van der Waals surface area contributed by atoms with E-state index in [1.54, 1.807) is 12.4 Å². The molecular formula is C39H27N3. The lowest BCUT2D eigenvalue weighted by Crippen LogP contribution is -1.94. The van der Waals surface area contributed by atoms with Crippen molar-refractivity contribution in [3.63, 3.8) is 0 Å². The van der Waals surface area contributed by atoms with E-state index in [1.807, 2.05) is 43.0 Å². The number of hydrogen-bond acceptors (Lipinski definition) is 3. The Bertz CT molecular complexity index is 1920. The maximum absolute atomic E-state index is 4.49. The van der Waals surface area contributed by atoms with Crippen LogP contribution < -0.4 is 0 Å². The largest absolute Gasteiger partial charge is 0.264 e. The van der Waals surface area contributed by atoms with E-state index in [9.17, 15) is 0 Å². The normalized spacial score (nSPS) is 10.9. The fourth-order valence-electron chi connectivity index (χ4n) is 5.47. The highest BCUT2D eigenvalue weighted by Crippen LogP contribution is 2.43. The molecule has 7 aromatic rings. The van der Waals surface area contributed by atoms with E-state index in [4.69, 9.17) is 0 Å². The maximum atomic E-state index is 4.49. The summed E-state index contributed by atoms with van der Waals surface area (Å²) in [5, 5.41) is 0. The molecule has 0 saturated carbocycles. The van der Waals surface area contributed by atoms with Gasteiger partial charge in [-0.25, -0.2) is 0 Å². The summed E-state index contributed by atoms with van der Waals surface area (Å²) in [6, 6.07) is 45.0. The lowest BCUT2D eigenvalue weighted by Gasteiger charge is -2.19. The van der Waals surface area contributed by atoms with Crippen molar-refractivity contribution in [1.82, 2.24) is 15.0 Å². The van der Waals surface area contributed by atoms with Crippen molar-refractivity contribution in [2.24, 2.45) is 0 Å². The Kier molecular flexibility index (Phi) is 6.89. The van der Waals surface area contributed by atoms with Gasteiger partial charge in [0, 0.05) is 42.7 Å². The fourth-order valence-corrected chi connectivity index (χ4v) is 5.47. The Hall–Kier alpha value is -5.67. The molecule has 3 heterocycles. The van der Waals surface area contributed by atoms with E-state index in [2.05, 4.69) is 124 Å². The number of nitrogens with zero attached hydrogens (tertiary/aromatic N) is 3. The molecule has 0 aliphatic heterocycles. The number of hydrogen-bond donors (Lipinski definition) is 0. The zero-order valence-corrected chi connectivity index (χ0v) is 22.9. The van der Waals surface area contributed by atoms with Gasteiger partial charge in [-0.05, 0) is 91.5 Å². The first-order chi connectivity index (χ1) is 20.8. The Balaban J connectivity index is 1.43. The summed E-state index contributed by atoms with van der Waals surface area (Å²) >= 11 is 0. The third kappa shape index (κ3) is 5.12. The van der Waals surface area contributed by atoms with Crippen LogP contribution in [0, 0.1) is 0 Å². The van der Waals surface area contributed by atoms with Crippen molar-refractivity contribution >= 4 is 0 Å². The second-order valence-corrected chi connectivity index (χ2v) is 10.2. The summed E-state index contributed by atoms with van der Waals surface area (Å²) in [5.74, 6) is 0. The maximum Gasteiger partial charge on any atom is 0.0346 e. The average Bonchev–Trinajstić information content (AvgIpc) is 3.09. The second-order valence-electron chi connectivity index (χ2n) is 10.2. The molecular weight excluding hydrogens is 510 g/mol. The SMILES string of the molecule is c1ccc(-c2cc(-c3ccc(-c4cccnc4)cc3)cc(-c3ccc(-c4cccnc4)cc3)c2-c2cccnc2)cc1. The van der Waals surface area contributed by atoms with E-state index < -0.39 is 0 Å². The van der Waals surface area contributed by atoms with Crippen LogP contribution in [0.3, 0.4) is 0 Å². The zero-order chi connectivity index (χ0) is 28.1. The second kappa shape index (κ2) is 11.4. The summed E-state index contributed by atoms with van der Waals surface area (Å²) in [7, 11) is 0. The van der Waals surface area contributed by atoms with Crippen LogP contribution in [0.25, 0.3) is 66.8 Å². The van der Waals surface area contributed by atoms with Gasteiger partial charge in [0.1, 0.15) is 0 Å². The van der Waals surface area contributed by atoms with Crippen molar-refractivity contribution in [3.05, 3.63) is 165 Å². The van der Waals surface area contributed by atoms with Crippen molar-refractivity contribution in [2.75, 3.05) is 0 Å². The van der Waals surface area contributed by atoms with Crippen LogP contribution in [0.2, 0.25) is 0 Å². The van der Waals surface area contributed by atoms with Gasteiger partial charge in [0.05, 0.1) is 0 Å². The van der Waals surface area contributed by atoms with Crippen molar-refractivity contribution < 1.29 is 0 Å². The van der Waals surface area contributed by atoms with Crippen LogP contribution in [0.4, 0.5) is 0 Å². The molecule has 3 nitrogen and oxygen atoms in total. The Morgan fingerprint density at radius 2 is 0.667 bits per heavy atom. The van der Waals surface area contributed by atoms with Gasteiger partial charge in [-0.1, -0.05) is 97.1 Å². The Labute approximate surface area is 245 Å². The molecule has 0 amide bonds. The van der Waals surface area contributed by atoms with Gasteiger partial charge < -0.3 is 0 Å². The highest BCUT2D eigenvalue weighted by molar-refractivity contribution is 5.97. The zero-order valence-electron chi connectivity index (χ0n) is 22.9. The van der Waals surface area contributed by atoms with Gasteiger partial charge in [-0.15, -0.1) is 0 Å². The van der Waals surface area contributed by atoms with Crippen molar-refractivity contribution in [2.45, 2.75) is 0 Å². The smallest absolute Gasteiger partial charge is 0.0346 e. The molecule has 198 valence electrons. The van der Waals surface area contributed by atoms with Gasteiger partial charge in [-0.2, -0.15) is 0 Å². The lowest BCUT2D eigenvalue weighted by atomic mass is 9.84. The van der Waals surface area contributed by atoms with Crippen molar-refractivity contribution in [3.8, 4) is 66.8 Å². The third-order valence-corrected chi connectivity index (χ3v) is 7.58. The first-order valence-corrected chi connectivity index (χ1v) is 14.0. The molecule has 0 fully saturated rings. The van der Waals surface area contributed by atoms with Gasteiger partial charge in [0.25, 0.3) is 0 Å². The van der Waals surface area contributed by atoms with E-state index in [0.717, 1.165) is 50.1 Å². The van der Waals surface area contributed by atoms with Gasteiger partial charge in [0.15, 0.2) is 0 Å². The van der Waals surface area contributed by atoms with Crippen LogP contribution in [-0.2, 0) is 0 Å². The minimum absolute atomic E-state index is 1.08. The first-order valence-electron chi connectivity index (χ1n) is 14.0. The average molecular weight is 538 g/mol. The summed E-state index contributed by atoms with van der Waals surface area (Å²) < 4.78 is 0. The standard InChI is InChI=1S/C39H27N3/c1-2-7-31(8-3-1)37-23-36(30-14-12-28(13-15-30)33-9-4-20-40-25-33)24-38(39(37)35-11-6-22-42-27-35)32-18-16-29(17-19-32)34-10-5-21-41-26-34/h1-27H. The predicted octanol–water partition coefficient (Wildman–Crippen LogP) is 9.87. The number of aromatic nitrogens is 3. The van der Waals surface area contributed by atoms with E-state index in [-0.39, 0.29) is 0 Å². The van der Waals surface area contributed by atoms with Gasteiger partial charge >= 0.3 is 0 Å². The molecule has 0 N–H and O–H groups in total. The van der Waals surface area contributed by atoms with Gasteiger partial charge in [0.2, 0.25) is 0 Å². The monoisotopic (exact) mass is 537 g/mol. The predicted molar refractivity (Wildman–Crippen MR) is 172 cm³/mol. The Morgan fingerprint density at radius 1 is 0.286 bits per heavy atom. The lowest BCUT2D eigenvalue weighted by molar-refractivity contribution is 1.33. The minimum Gasteiger partial charge on any atom is -0.264 e. The summed E-state index contributed by atoms with van der Waals surface area (Å²) in [4.78, 5) is 13.1. The third-order valence-electron chi connectivity index (χ3n) is 7.58. The van der Waals surface area contributed by atoms with Gasteiger partial charge in [-0.3, -0.25) is 15.0 Å². The molecule has 0 bridgehead atoms. The first kappa shape index (κ1) is 25.3. The highest BCUT2D eigenvalue weighted by atomic mass is 14.6. The number of benzene rings is 4. The number of rotatable bonds is 6. The molecule has 4 aromatic carbocycles. The van der Waals surface area contributed by atoms with E-state index in [1.165, 1.54) is 16.7 Å². The van der Waals surface area contributed by atoms with Crippen molar-refractivity contribution in [1.29, 1.82) is 0 Å². The molecule has 0 radical (unpaired) electrons. The molecule has 7 rings (SSSR count). The minimum atomic E-state index is 1.08. The van der Waals surface area contributed by atoms with E-state index >= 15 is 0 Å². The number of pyridine rings is 3. The molecule has 0 spiro atoms. The molecule has 0 saturated heterocycles. The molecule has 3 heteroatoms. The van der Waals surface area contributed by atoms with Crippen LogP contribution in [0.5, 0.6) is 0 Å².